The maximum absolute atomic E-state index is 4.12. The largest absolute Gasteiger partial charge is 0.305 e. The summed E-state index contributed by atoms with van der Waals surface area (Å²) in [4.78, 5) is 0. The molecule has 0 aromatic heterocycles. The summed E-state index contributed by atoms with van der Waals surface area (Å²) in [6, 6.07) is 0. The highest BCUT2D eigenvalue weighted by molar-refractivity contribution is 8.23. The molecule has 1 saturated heterocycles. The molecule has 2 nitrogen and oxygen atoms in total. The first-order valence-corrected chi connectivity index (χ1v) is 3.90. The Hall–Kier alpha value is 0.330. The van der Waals surface area contributed by atoms with E-state index in [1.165, 1.54) is 0 Å². The first kappa shape index (κ1) is 7.44. The molecule has 1 fully saturated rings. The van der Waals surface area contributed by atoms with Gasteiger partial charge in [-0.05, 0) is 0 Å². The molecule has 0 aromatic rings. The third kappa shape index (κ3) is 2.20. The summed E-state index contributed by atoms with van der Waals surface area (Å²) in [7, 11) is 0. The van der Waals surface area contributed by atoms with E-state index in [9.17, 15) is 0 Å². The van der Waals surface area contributed by atoms with Crippen LogP contribution in [0, 0.1) is 0 Å². The highest BCUT2D eigenvalue weighted by Crippen LogP contribution is 1.92. The number of rotatable bonds is 0. The lowest BCUT2D eigenvalue weighted by Gasteiger charge is -2.10. The van der Waals surface area contributed by atoms with Crippen molar-refractivity contribution >= 4 is 29.6 Å². The first-order valence-electron chi connectivity index (χ1n) is 3.01. The minimum absolute atomic E-state index is 0.830. The van der Waals surface area contributed by atoms with Gasteiger partial charge in [0, 0.05) is 0 Å². The Morgan fingerprint density at radius 2 is 1.78 bits per heavy atom. The molecule has 1 rings (SSSR count). The van der Waals surface area contributed by atoms with E-state index in [1.54, 1.807) is 0 Å². The van der Waals surface area contributed by atoms with Crippen molar-refractivity contribution in [1.82, 2.24) is 5.32 Å². The van der Waals surface area contributed by atoms with Gasteiger partial charge in [0.05, 0.1) is 13.1 Å². The monoisotopic (exact) mass is 163 g/mol. The molecule has 0 aromatic carbocycles. The van der Waals surface area contributed by atoms with E-state index < -0.39 is 0 Å². The van der Waals surface area contributed by atoms with Crippen LogP contribution in [0.25, 0.3) is 0 Å². The van der Waals surface area contributed by atoms with E-state index >= 15 is 0 Å². The van der Waals surface area contributed by atoms with E-state index in [0.29, 0.717) is 0 Å². The van der Waals surface area contributed by atoms with Gasteiger partial charge < -0.3 is 5.32 Å². The summed E-state index contributed by atoms with van der Waals surface area (Å²) >= 11 is 8.24. The average molecular weight is 163 g/mol. The highest BCUT2D eigenvalue weighted by Gasteiger charge is 2.11. The summed E-state index contributed by atoms with van der Waals surface area (Å²) in [5.41, 5.74) is 0. The van der Waals surface area contributed by atoms with Crippen molar-refractivity contribution in [2.45, 2.75) is 0 Å². The molecule has 0 spiro atoms. The van der Waals surface area contributed by atoms with E-state index in [4.69, 9.17) is 0 Å². The van der Waals surface area contributed by atoms with Crippen molar-refractivity contribution in [3.8, 4) is 0 Å². The van der Waals surface area contributed by atoms with Crippen molar-refractivity contribution < 1.29 is 4.58 Å². The molecule has 4 heteroatoms. The molecule has 1 aliphatic heterocycles. The minimum Gasteiger partial charge on any atom is -0.305 e. The highest BCUT2D eigenvalue weighted by atomic mass is 32.2. The molecule has 0 aliphatic carbocycles. The SMILES string of the molecule is SC(S)=[N+]1CCNCC1. The molecule has 52 valence electrons. The van der Waals surface area contributed by atoms with E-state index in [0.717, 1.165) is 30.6 Å². The van der Waals surface area contributed by atoms with Crippen LogP contribution in [0.4, 0.5) is 0 Å². The molecular weight excluding hydrogens is 152 g/mol. The van der Waals surface area contributed by atoms with Gasteiger partial charge in [0.1, 0.15) is 0 Å². The molecule has 0 amide bonds. The van der Waals surface area contributed by atoms with Crippen molar-refractivity contribution in [2.24, 2.45) is 0 Å². The Morgan fingerprint density at radius 1 is 1.22 bits per heavy atom. The molecule has 1 heterocycles. The summed E-state index contributed by atoms with van der Waals surface area (Å²) in [6.07, 6.45) is 0. The topological polar surface area (TPSA) is 15.0 Å². The van der Waals surface area contributed by atoms with Gasteiger partial charge in [-0.15, -0.1) is 0 Å². The van der Waals surface area contributed by atoms with Crippen LogP contribution < -0.4 is 5.32 Å². The van der Waals surface area contributed by atoms with Crippen LogP contribution in [0.15, 0.2) is 0 Å². The fraction of sp³-hybridized carbons (Fsp3) is 0.800. The lowest BCUT2D eigenvalue weighted by Crippen LogP contribution is -2.39. The second-order valence-electron chi connectivity index (χ2n) is 2.04. The number of nitrogens with zero attached hydrogens (tertiary/aromatic N) is 1. The van der Waals surface area contributed by atoms with Crippen LogP contribution in [0.5, 0.6) is 0 Å². The van der Waals surface area contributed by atoms with Crippen LogP contribution in [0.1, 0.15) is 0 Å². The standard InChI is InChI=1S/C5H10N2S2/c8-5(9)7-3-1-6-2-4-7/h6H,1-4H2,(H,8,9)/p+1. The molecule has 0 saturated carbocycles. The molecule has 9 heavy (non-hydrogen) atoms. The predicted molar refractivity (Wildman–Crippen MR) is 45.8 cm³/mol. The Labute approximate surface area is 66.2 Å². The first-order chi connectivity index (χ1) is 4.30. The zero-order chi connectivity index (χ0) is 6.69. The van der Waals surface area contributed by atoms with Gasteiger partial charge in [-0.1, -0.05) is 25.3 Å². The molecule has 0 radical (unpaired) electrons. The van der Waals surface area contributed by atoms with Gasteiger partial charge in [0.2, 0.25) is 0 Å². The predicted octanol–water partition coefficient (Wildman–Crippen LogP) is -0.182. The lowest BCUT2D eigenvalue weighted by atomic mass is 10.4. The number of piperazine rings is 1. The molecular formula is C5H11N2S2+. The Bertz CT molecular complexity index is 121. The molecule has 0 bridgehead atoms. The maximum atomic E-state index is 4.12. The normalized spacial score (nSPS) is 20.0. The van der Waals surface area contributed by atoms with Gasteiger partial charge >= 0.3 is 0 Å². The van der Waals surface area contributed by atoms with Crippen LogP contribution in [0.3, 0.4) is 0 Å². The average Bonchev–Trinajstić information content (AvgIpc) is 1.90. The van der Waals surface area contributed by atoms with E-state index in [1.807, 2.05) is 0 Å². The van der Waals surface area contributed by atoms with Gasteiger partial charge in [-0.3, -0.25) is 0 Å². The minimum atomic E-state index is 0.830. The van der Waals surface area contributed by atoms with Crippen LogP contribution in [-0.4, -0.2) is 35.1 Å². The lowest BCUT2D eigenvalue weighted by molar-refractivity contribution is -0.527. The molecule has 0 atom stereocenters. The van der Waals surface area contributed by atoms with Crippen LogP contribution in [0.2, 0.25) is 0 Å². The third-order valence-corrected chi connectivity index (χ3v) is 1.97. The van der Waals surface area contributed by atoms with Crippen LogP contribution in [-0.2, 0) is 0 Å². The van der Waals surface area contributed by atoms with Crippen molar-refractivity contribution in [1.29, 1.82) is 0 Å². The maximum Gasteiger partial charge on any atom is 0.263 e. The zero-order valence-corrected chi connectivity index (χ0v) is 6.96. The quantitative estimate of drug-likeness (QED) is 0.256. The Morgan fingerprint density at radius 3 is 2.11 bits per heavy atom. The van der Waals surface area contributed by atoms with E-state index in [-0.39, 0.29) is 0 Å². The van der Waals surface area contributed by atoms with Gasteiger partial charge in [0.15, 0.2) is 13.1 Å². The number of hydrogen-bond acceptors (Lipinski definition) is 1. The number of thiol groups is 2. The van der Waals surface area contributed by atoms with E-state index in [2.05, 4.69) is 35.1 Å². The number of nitrogens with one attached hydrogen (secondary N) is 1. The summed E-state index contributed by atoms with van der Waals surface area (Å²) in [5, 5.41) is 3.25. The zero-order valence-electron chi connectivity index (χ0n) is 5.17. The summed E-state index contributed by atoms with van der Waals surface area (Å²) in [5.74, 6) is 0. The summed E-state index contributed by atoms with van der Waals surface area (Å²) in [6.45, 7) is 4.15. The second-order valence-corrected chi connectivity index (χ2v) is 3.24. The van der Waals surface area contributed by atoms with Gasteiger partial charge in [0.25, 0.3) is 4.38 Å². The Kier molecular flexibility index (Phi) is 2.88. The summed E-state index contributed by atoms with van der Waals surface area (Å²) < 4.78 is 2.97. The fourth-order valence-electron chi connectivity index (χ4n) is 0.865. The number of hydrogen-bond donors (Lipinski definition) is 3. The second kappa shape index (κ2) is 3.49. The smallest absolute Gasteiger partial charge is 0.263 e. The van der Waals surface area contributed by atoms with Crippen molar-refractivity contribution in [3.63, 3.8) is 0 Å². The Balaban J connectivity index is 2.49. The van der Waals surface area contributed by atoms with Crippen molar-refractivity contribution in [2.75, 3.05) is 26.2 Å². The molecule has 0 unspecified atom stereocenters. The van der Waals surface area contributed by atoms with Gasteiger partial charge in [-0.25, -0.2) is 4.58 Å². The third-order valence-electron chi connectivity index (χ3n) is 1.40. The molecule has 1 N–H and O–H groups in total. The van der Waals surface area contributed by atoms with Crippen molar-refractivity contribution in [3.05, 3.63) is 0 Å². The van der Waals surface area contributed by atoms with Gasteiger partial charge in [-0.2, -0.15) is 0 Å². The van der Waals surface area contributed by atoms with Crippen LogP contribution >= 0.6 is 25.3 Å². The fourth-order valence-corrected chi connectivity index (χ4v) is 1.26. The molecule has 1 aliphatic rings.